The molecule has 0 aliphatic carbocycles. The van der Waals surface area contributed by atoms with Gasteiger partial charge in [0.15, 0.2) is 5.82 Å². The number of nitro benzene ring substituents is 1. The molecule has 8 nitrogen and oxygen atoms in total. The van der Waals surface area contributed by atoms with Gasteiger partial charge in [-0.25, -0.2) is 14.6 Å². The van der Waals surface area contributed by atoms with E-state index in [1.807, 2.05) is 24.3 Å². The number of aromatic nitrogens is 4. The summed E-state index contributed by atoms with van der Waals surface area (Å²) in [5.74, 6) is 0.491. The monoisotopic (exact) mass is 490 g/mol. The van der Waals surface area contributed by atoms with Gasteiger partial charge in [0.2, 0.25) is 0 Å². The van der Waals surface area contributed by atoms with Gasteiger partial charge in [0.25, 0.3) is 5.69 Å². The second-order valence-corrected chi connectivity index (χ2v) is 4.91. The number of pyridine rings is 1. The minimum absolute atomic E-state index is 0. The molecule has 1 aromatic carbocycles. The number of non-ortho nitro benzene ring substituents is 1. The Morgan fingerprint density at radius 3 is 2.36 bits per heavy atom. The summed E-state index contributed by atoms with van der Waals surface area (Å²) in [6.45, 7) is 0.744. The molecule has 28 heavy (non-hydrogen) atoms. The second-order valence-electron chi connectivity index (χ2n) is 4.91. The van der Waals surface area contributed by atoms with Gasteiger partial charge in [-0.15, -0.1) is 67.1 Å². The van der Waals surface area contributed by atoms with E-state index < -0.39 is 4.92 Å². The minimum atomic E-state index is -0.418. The van der Waals surface area contributed by atoms with Crippen LogP contribution in [0.25, 0.3) is 11.5 Å². The van der Waals surface area contributed by atoms with Crippen molar-refractivity contribution in [3.05, 3.63) is 70.2 Å². The summed E-state index contributed by atoms with van der Waals surface area (Å²) in [4.78, 5) is 19.0. The normalized spacial score (nSPS) is 8.75. The van der Waals surface area contributed by atoms with Crippen molar-refractivity contribution >= 4 is 67.7 Å². The molecule has 0 fully saturated rings. The first-order valence-electron chi connectivity index (χ1n) is 6.95. The van der Waals surface area contributed by atoms with Crippen molar-refractivity contribution < 1.29 is 4.92 Å². The first-order chi connectivity index (χ1) is 11.2. The topological polar surface area (TPSA) is 113 Å². The Balaban J connectivity index is -0.00000125. The molecule has 0 spiro atoms. The number of hydrogen-bond donors (Lipinski definition) is 1. The van der Waals surface area contributed by atoms with Crippen LogP contribution in [-0.4, -0.2) is 24.7 Å². The lowest BCUT2D eigenvalue weighted by Gasteiger charge is -2.01. The average Bonchev–Trinajstić information content (AvgIpc) is 3.03. The van der Waals surface area contributed by atoms with Crippen LogP contribution in [0.15, 0.2) is 48.8 Å². The highest BCUT2D eigenvalue weighted by molar-refractivity contribution is 5.86. The molecule has 0 aliphatic rings. The maximum absolute atomic E-state index is 10.8. The summed E-state index contributed by atoms with van der Waals surface area (Å²) in [6.07, 6.45) is 1.57. The number of nitrogens with two attached hydrogens (primary N) is 1. The Morgan fingerprint density at radius 2 is 1.71 bits per heavy atom. The molecule has 156 valence electrons. The van der Waals surface area contributed by atoms with Gasteiger partial charge in [-0.2, -0.15) is 0 Å². The number of benzene rings is 1. The van der Waals surface area contributed by atoms with E-state index in [-0.39, 0.29) is 67.7 Å². The lowest BCUT2D eigenvalue weighted by molar-refractivity contribution is -0.384. The predicted octanol–water partition coefficient (Wildman–Crippen LogP) is 3.86. The van der Waals surface area contributed by atoms with Crippen molar-refractivity contribution in [1.82, 2.24) is 19.7 Å². The lowest BCUT2D eigenvalue weighted by Crippen LogP contribution is -2.02. The molecule has 0 unspecified atom stereocenters. The van der Waals surface area contributed by atoms with E-state index in [2.05, 4.69) is 15.1 Å². The first-order valence-corrected chi connectivity index (χ1v) is 6.95. The zero-order valence-corrected chi connectivity index (χ0v) is 18.3. The van der Waals surface area contributed by atoms with Gasteiger partial charge >= 0.3 is 0 Å². The maximum Gasteiger partial charge on any atom is 0.269 e. The van der Waals surface area contributed by atoms with Crippen LogP contribution in [-0.2, 0) is 13.1 Å². The molecule has 13 heteroatoms. The summed E-state index contributed by atoms with van der Waals surface area (Å²) in [5, 5.41) is 15.2. The van der Waals surface area contributed by atoms with E-state index >= 15 is 0 Å². The zero-order chi connectivity index (χ0) is 16.2. The SMILES string of the molecule is Cl.Cl.Cl.Cl.Cl.NCc1cccc(-c2ncn(Cc3cccc([N+](=O)[O-])c3)n2)n1. The van der Waals surface area contributed by atoms with E-state index in [0.29, 0.717) is 24.6 Å². The van der Waals surface area contributed by atoms with Crippen molar-refractivity contribution in [1.29, 1.82) is 0 Å². The van der Waals surface area contributed by atoms with Gasteiger partial charge in [-0.1, -0.05) is 18.2 Å². The summed E-state index contributed by atoms with van der Waals surface area (Å²) in [6, 6.07) is 11.9. The van der Waals surface area contributed by atoms with Crippen LogP contribution in [0, 0.1) is 10.1 Å². The summed E-state index contributed by atoms with van der Waals surface area (Å²) >= 11 is 0. The number of nitrogens with zero attached hydrogens (tertiary/aromatic N) is 5. The fraction of sp³-hybridized carbons (Fsp3) is 0.133. The molecule has 3 aromatic rings. The van der Waals surface area contributed by atoms with E-state index in [1.165, 1.54) is 12.1 Å². The van der Waals surface area contributed by atoms with Crippen LogP contribution in [0.1, 0.15) is 11.3 Å². The highest BCUT2D eigenvalue weighted by Crippen LogP contribution is 2.15. The quantitative estimate of drug-likeness (QED) is 0.427. The predicted molar refractivity (Wildman–Crippen MR) is 120 cm³/mol. The van der Waals surface area contributed by atoms with Gasteiger partial charge < -0.3 is 5.73 Å². The van der Waals surface area contributed by atoms with Crippen LogP contribution in [0.2, 0.25) is 0 Å². The largest absolute Gasteiger partial charge is 0.325 e. The third kappa shape index (κ3) is 7.75. The molecule has 2 aromatic heterocycles. The molecule has 0 bridgehead atoms. The molecule has 0 saturated heterocycles. The average molecular weight is 493 g/mol. The molecule has 2 heterocycles. The van der Waals surface area contributed by atoms with E-state index in [1.54, 1.807) is 17.1 Å². The van der Waals surface area contributed by atoms with Crippen LogP contribution in [0.3, 0.4) is 0 Å². The molecular weight excluding hydrogens is 473 g/mol. The minimum Gasteiger partial charge on any atom is -0.325 e. The molecule has 2 N–H and O–H groups in total. The van der Waals surface area contributed by atoms with Gasteiger partial charge in [0.1, 0.15) is 12.0 Å². The van der Waals surface area contributed by atoms with Crippen LogP contribution in [0.4, 0.5) is 5.69 Å². The Bertz CT molecular complexity index is 864. The molecule has 3 rings (SSSR count). The van der Waals surface area contributed by atoms with Gasteiger partial charge in [0, 0.05) is 18.7 Å². The fourth-order valence-corrected chi connectivity index (χ4v) is 2.16. The van der Waals surface area contributed by atoms with Crippen molar-refractivity contribution in [3.63, 3.8) is 0 Å². The third-order valence-corrected chi connectivity index (χ3v) is 3.25. The van der Waals surface area contributed by atoms with E-state index in [4.69, 9.17) is 5.73 Å². The van der Waals surface area contributed by atoms with E-state index in [0.717, 1.165) is 11.3 Å². The van der Waals surface area contributed by atoms with Gasteiger partial charge in [-0.3, -0.25) is 10.1 Å². The second kappa shape index (κ2) is 14.3. The van der Waals surface area contributed by atoms with Crippen molar-refractivity contribution in [2.24, 2.45) is 5.73 Å². The highest BCUT2D eigenvalue weighted by Gasteiger charge is 2.09. The smallest absolute Gasteiger partial charge is 0.269 e. The number of halogens is 5. The molecule has 0 amide bonds. The molecular formula is C15H19Cl5N6O2. The molecule has 0 aliphatic heterocycles. The Labute approximate surface area is 192 Å². The Kier molecular flexibility index (Phi) is 15.9. The zero-order valence-electron chi connectivity index (χ0n) is 14.2. The summed E-state index contributed by atoms with van der Waals surface area (Å²) in [5.41, 5.74) is 7.82. The Morgan fingerprint density at radius 1 is 1.04 bits per heavy atom. The molecule has 0 atom stereocenters. The third-order valence-electron chi connectivity index (χ3n) is 3.25. The van der Waals surface area contributed by atoms with Crippen molar-refractivity contribution in [2.75, 3.05) is 0 Å². The first kappa shape index (κ1) is 31.0. The Hall–Kier alpha value is -1.68. The number of rotatable bonds is 5. The highest BCUT2D eigenvalue weighted by atomic mass is 35.5. The van der Waals surface area contributed by atoms with Gasteiger partial charge in [-0.05, 0) is 17.7 Å². The molecule has 0 radical (unpaired) electrons. The van der Waals surface area contributed by atoms with Gasteiger partial charge in [0.05, 0.1) is 17.2 Å². The number of nitro groups is 1. The van der Waals surface area contributed by atoms with Crippen LogP contribution < -0.4 is 5.73 Å². The standard InChI is InChI=1S/C15H14N6O2.5ClH/c16-8-12-4-2-6-14(18-12)15-17-10-20(19-15)9-11-3-1-5-13(7-11)21(22)23;;;;;/h1-7,10H,8-9,16H2;5*1H. The molecule has 0 saturated carbocycles. The fourth-order valence-electron chi connectivity index (χ4n) is 2.16. The van der Waals surface area contributed by atoms with Crippen molar-refractivity contribution in [2.45, 2.75) is 13.1 Å². The van der Waals surface area contributed by atoms with Crippen LogP contribution in [0.5, 0.6) is 0 Å². The number of hydrogen-bond acceptors (Lipinski definition) is 6. The lowest BCUT2D eigenvalue weighted by atomic mass is 10.2. The summed E-state index contributed by atoms with van der Waals surface area (Å²) < 4.78 is 1.62. The van der Waals surface area contributed by atoms with Crippen LogP contribution >= 0.6 is 62.0 Å². The van der Waals surface area contributed by atoms with E-state index in [9.17, 15) is 10.1 Å². The maximum atomic E-state index is 10.8. The summed E-state index contributed by atoms with van der Waals surface area (Å²) in [7, 11) is 0. The van der Waals surface area contributed by atoms with Crippen molar-refractivity contribution in [3.8, 4) is 11.5 Å².